The molecule has 10 heteroatoms. The van der Waals surface area contributed by atoms with Crippen LogP contribution in [-0.4, -0.2) is 35.0 Å². The van der Waals surface area contributed by atoms with Crippen molar-refractivity contribution < 1.29 is 22.7 Å². The number of nitrogens with zero attached hydrogens (tertiary/aromatic N) is 2. The normalized spacial score (nSPS) is 11.0. The van der Waals surface area contributed by atoms with Crippen molar-refractivity contribution in [3.63, 3.8) is 0 Å². The van der Waals surface area contributed by atoms with E-state index in [4.69, 9.17) is 4.74 Å². The van der Waals surface area contributed by atoms with Gasteiger partial charge in [0.1, 0.15) is 17.3 Å². The molecule has 0 atom stereocenters. The Morgan fingerprint density at radius 3 is 2.27 bits per heavy atom. The van der Waals surface area contributed by atoms with E-state index in [-0.39, 0.29) is 27.4 Å². The molecule has 3 aromatic rings. The minimum Gasteiger partial charge on any atom is -0.457 e. The van der Waals surface area contributed by atoms with E-state index < -0.39 is 10.0 Å². The van der Waals surface area contributed by atoms with Crippen LogP contribution in [0.25, 0.3) is 0 Å². The molecule has 0 saturated carbocycles. The molecule has 0 fully saturated rings. The summed E-state index contributed by atoms with van der Waals surface area (Å²) in [6, 6.07) is 12.1. The van der Waals surface area contributed by atoms with E-state index in [2.05, 4.69) is 14.7 Å². The molecule has 0 spiro atoms. The standard InChI is InChI=1S/C20H17N3O5S2/c1-14(24)29-13-19(25)15-2-7-20(22-12-15)23-30(26,27)18-5-3-16(4-6-18)28-17-8-10-21-11-9-17/h2-12H,13H2,1H3,(H,22,23). The average molecular weight is 444 g/mol. The number of anilines is 1. The van der Waals surface area contributed by atoms with Crippen LogP contribution < -0.4 is 9.46 Å². The third-order valence-corrected chi connectivity index (χ3v) is 5.93. The first-order valence-electron chi connectivity index (χ1n) is 8.67. The Balaban J connectivity index is 1.65. The molecule has 0 aliphatic heterocycles. The molecule has 3 rings (SSSR count). The molecule has 8 nitrogen and oxygen atoms in total. The highest BCUT2D eigenvalue weighted by Crippen LogP contribution is 2.23. The molecule has 0 radical (unpaired) electrons. The van der Waals surface area contributed by atoms with Gasteiger partial charge < -0.3 is 4.74 Å². The Hall–Kier alpha value is -3.24. The zero-order chi connectivity index (χ0) is 21.6. The smallest absolute Gasteiger partial charge is 0.263 e. The van der Waals surface area contributed by atoms with Crippen molar-refractivity contribution in [1.82, 2.24) is 9.97 Å². The molecule has 0 saturated heterocycles. The molecule has 154 valence electrons. The van der Waals surface area contributed by atoms with Gasteiger partial charge in [0.15, 0.2) is 10.9 Å². The van der Waals surface area contributed by atoms with Gasteiger partial charge in [-0.05, 0) is 48.5 Å². The molecule has 0 amide bonds. The lowest BCUT2D eigenvalue weighted by atomic mass is 10.2. The molecular weight excluding hydrogens is 426 g/mol. The molecule has 0 aliphatic rings. The van der Waals surface area contributed by atoms with Crippen LogP contribution in [0.1, 0.15) is 17.3 Å². The predicted octanol–water partition coefficient (Wildman–Crippen LogP) is 3.53. The summed E-state index contributed by atoms with van der Waals surface area (Å²) in [5, 5.41) is -0.155. The Kier molecular flexibility index (Phi) is 6.80. The zero-order valence-corrected chi connectivity index (χ0v) is 17.4. The van der Waals surface area contributed by atoms with Gasteiger partial charge in [-0.2, -0.15) is 0 Å². The second-order valence-corrected chi connectivity index (χ2v) is 8.83. The fourth-order valence-electron chi connectivity index (χ4n) is 2.30. The van der Waals surface area contributed by atoms with E-state index in [0.717, 1.165) is 11.8 Å². The lowest BCUT2D eigenvalue weighted by molar-refractivity contribution is -0.109. The average Bonchev–Trinajstić information content (AvgIpc) is 2.73. The fraction of sp³-hybridized carbons (Fsp3) is 0.100. The maximum atomic E-state index is 12.6. The Labute approximate surface area is 177 Å². The van der Waals surface area contributed by atoms with Crippen LogP contribution in [0.5, 0.6) is 11.5 Å². The molecule has 1 aromatic carbocycles. The topological polar surface area (TPSA) is 115 Å². The summed E-state index contributed by atoms with van der Waals surface area (Å²) in [5.74, 6) is 0.879. The van der Waals surface area contributed by atoms with Gasteiger partial charge in [0.2, 0.25) is 0 Å². The number of ether oxygens (including phenoxy) is 1. The van der Waals surface area contributed by atoms with Crippen molar-refractivity contribution in [2.45, 2.75) is 11.8 Å². The van der Waals surface area contributed by atoms with E-state index in [1.165, 1.54) is 49.5 Å². The van der Waals surface area contributed by atoms with Crippen molar-refractivity contribution in [3.05, 3.63) is 72.7 Å². The van der Waals surface area contributed by atoms with Gasteiger partial charge in [0, 0.05) is 31.1 Å². The molecular formula is C20H17N3O5S2. The van der Waals surface area contributed by atoms with Crippen molar-refractivity contribution in [2.75, 3.05) is 10.5 Å². The molecule has 30 heavy (non-hydrogen) atoms. The summed E-state index contributed by atoms with van der Waals surface area (Å²) in [6.07, 6.45) is 4.45. The highest BCUT2D eigenvalue weighted by Gasteiger charge is 2.16. The number of benzene rings is 1. The van der Waals surface area contributed by atoms with Crippen molar-refractivity contribution >= 4 is 38.5 Å². The van der Waals surface area contributed by atoms with E-state index in [9.17, 15) is 18.0 Å². The number of Topliss-reactive ketones (excluding diaryl/α,β-unsaturated/α-hetero) is 1. The third kappa shape index (κ3) is 5.88. The van der Waals surface area contributed by atoms with E-state index >= 15 is 0 Å². The fourth-order valence-corrected chi connectivity index (χ4v) is 3.80. The van der Waals surface area contributed by atoms with Crippen LogP contribution in [-0.2, 0) is 14.8 Å². The SMILES string of the molecule is CC(=O)SCC(=O)c1ccc(NS(=O)(=O)c2ccc(Oc3ccncc3)cc2)nc1. The van der Waals surface area contributed by atoms with Crippen LogP contribution in [0.4, 0.5) is 5.82 Å². The molecule has 2 aromatic heterocycles. The van der Waals surface area contributed by atoms with Crippen molar-refractivity contribution in [2.24, 2.45) is 0 Å². The number of thioether (sulfide) groups is 1. The number of sulfonamides is 1. The number of hydrogen-bond donors (Lipinski definition) is 1. The molecule has 1 N–H and O–H groups in total. The highest BCUT2D eigenvalue weighted by atomic mass is 32.2. The molecule has 0 unspecified atom stereocenters. The van der Waals surface area contributed by atoms with E-state index in [1.807, 2.05) is 0 Å². The Morgan fingerprint density at radius 2 is 1.67 bits per heavy atom. The quantitative estimate of drug-likeness (QED) is 0.526. The minimum atomic E-state index is -3.87. The second-order valence-electron chi connectivity index (χ2n) is 6.00. The largest absolute Gasteiger partial charge is 0.457 e. The number of pyridine rings is 2. The number of carbonyl (C=O) groups excluding carboxylic acids is 2. The summed E-state index contributed by atoms with van der Waals surface area (Å²) >= 11 is 0.906. The summed E-state index contributed by atoms with van der Waals surface area (Å²) in [4.78, 5) is 30.8. The van der Waals surface area contributed by atoms with Crippen LogP contribution >= 0.6 is 11.8 Å². The predicted molar refractivity (Wildman–Crippen MR) is 113 cm³/mol. The Bertz CT molecular complexity index is 1130. The number of nitrogens with one attached hydrogen (secondary N) is 1. The number of hydrogen-bond acceptors (Lipinski definition) is 8. The van der Waals surface area contributed by atoms with E-state index in [0.29, 0.717) is 17.1 Å². The van der Waals surface area contributed by atoms with Crippen LogP contribution in [0.15, 0.2) is 72.0 Å². The second kappa shape index (κ2) is 9.51. The van der Waals surface area contributed by atoms with Gasteiger partial charge in [-0.1, -0.05) is 11.8 Å². The number of ketones is 1. The first-order valence-corrected chi connectivity index (χ1v) is 11.1. The molecule has 2 heterocycles. The molecule has 0 aliphatic carbocycles. The number of rotatable bonds is 8. The van der Waals surface area contributed by atoms with Gasteiger partial charge in [0.25, 0.3) is 10.0 Å². The van der Waals surface area contributed by atoms with Gasteiger partial charge in [-0.25, -0.2) is 13.4 Å². The lowest BCUT2D eigenvalue weighted by Crippen LogP contribution is -2.14. The third-order valence-electron chi connectivity index (χ3n) is 3.75. The maximum Gasteiger partial charge on any atom is 0.263 e. The van der Waals surface area contributed by atoms with Crippen LogP contribution in [0.2, 0.25) is 0 Å². The summed E-state index contributed by atoms with van der Waals surface area (Å²) in [6.45, 7) is 1.38. The monoisotopic (exact) mass is 443 g/mol. The summed E-state index contributed by atoms with van der Waals surface area (Å²) in [7, 11) is -3.87. The number of aromatic nitrogens is 2. The lowest BCUT2D eigenvalue weighted by Gasteiger charge is -2.09. The maximum absolute atomic E-state index is 12.6. The first-order chi connectivity index (χ1) is 14.3. The summed E-state index contributed by atoms with van der Waals surface area (Å²) in [5.41, 5.74) is 0.296. The highest BCUT2D eigenvalue weighted by molar-refractivity contribution is 8.14. The Morgan fingerprint density at radius 1 is 1.00 bits per heavy atom. The molecule has 0 bridgehead atoms. The van der Waals surface area contributed by atoms with Gasteiger partial charge in [-0.3, -0.25) is 19.3 Å². The van der Waals surface area contributed by atoms with E-state index in [1.54, 1.807) is 24.5 Å². The van der Waals surface area contributed by atoms with Crippen molar-refractivity contribution in [1.29, 1.82) is 0 Å². The summed E-state index contributed by atoms with van der Waals surface area (Å²) < 4.78 is 33.1. The van der Waals surface area contributed by atoms with Crippen LogP contribution in [0, 0.1) is 0 Å². The minimum absolute atomic E-state index is 0.00992. The van der Waals surface area contributed by atoms with Crippen molar-refractivity contribution in [3.8, 4) is 11.5 Å². The zero-order valence-electron chi connectivity index (χ0n) is 15.8. The van der Waals surface area contributed by atoms with Gasteiger partial charge in [0.05, 0.1) is 10.6 Å². The first kappa shape index (κ1) is 21.5. The number of carbonyl (C=O) groups is 2. The van der Waals surface area contributed by atoms with Crippen LogP contribution in [0.3, 0.4) is 0 Å². The van der Waals surface area contributed by atoms with Gasteiger partial charge >= 0.3 is 0 Å². The van der Waals surface area contributed by atoms with Gasteiger partial charge in [-0.15, -0.1) is 0 Å².